The largest absolute Gasteiger partial charge is 0.494 e. The minimum atomic E-state index is -0.224. The van der Waals surface area contributed by atoms with Gasteiger partial charge >= 0.3 is 0 Å². The van der Waals surface area contributed by atoms with Gasteiger partial charge in [-0.25, -0.2) is 4.98 Å². The van der Waals surface area contributed by atoms with Gasteiger partial charge in [-0.05, 0) is 75.4 Å². The number of pyridine rings is 1. The van der Waals surface area contributed by atoms with E-state index in [0.717, 1.165) is 24.4 Å². The Hall–Kier alpha value is -2.82. The van der Waals surface area contributed by atoms with Crippen LogP contribution in [0.5, 0.6) is 5.75 Å². The molecular formula is C22H27N3O2. The quantitative estimate of drug-likeness (QED) is 0.644. The van der Waals surface area contributed by atoms with Crippen LogP contribution in [0.3, 0.4) is 0 Å². The first-order valence-electron chi connectivity index (χ1n) is 9.66. The molecule has 0 spiro atoms. The molecule has 5 heteroatoms. The Morgan fingerprint density at radius 2 is 1.93 bits per heavy atom. The number of aromatic nitrogens is 1. The molecule has 27 heavy (non-hydrogen) atoms. The predicted molar refractivity (Wildman–Crippen MR) is 109 cm³/mol. The van der Waals surface area contributed by atoms with Gasteiger partial charge in [-0.1, -0.05) is 11.6 Å². The van der Waals surface area contributed by atoms with Gasteiger partial charge in [-0.2, -0.15) is 0 Å². The molecule has 142 valence electrons. The normalized spacial score (nSPS) is 13.6. The molecule has 0 unspecified atom stereocenters. The van der Waals surface area contributed by atoms with E-state index in [1.165, 1.54) is 25.7 Å². The van der Waals surface area contributed by atoms with Gasteiger partial charge in [-0.3, -0.25) is 4.79 Å². The van der Waals surface area contributed by atoms with Gasteiger partial charge in [0.1, 0.15) is 11.4 Å². The Kier molecular flexibility index (Phi) is 6.85. The molecule has 2 aromatic rings. The molecule has 0 fully saturated rings. The maximum atomic E-state index is 12.3. The highest BCUT2D eigenvalue weighted by Crippen LogP contribution is 2.20. The molecule has 1 aliphatic carbocycles. The third-order valence-electron chi connectivity index (χ3n) is 4.58. The van der Waals surface area contributed by atoms with Crippen molar-refractivity contribution < 1.29 is 9.53 Å². The summed E-state index contributed by atoms with van der Waals surface area (Å²) in [7, 11) is 0. The van der Waals surface area contributed by atoms with Crippen LogP contribution in [0.15, 0.2) is 54.2 Å². The van der Waals surface area contributed by atoms with Crippen molar-refractivity contribution in [2.45, 2.75) is 39.0 Å². The molecule has 0 aliphatic heterocycles. The molecule has 0 saturated heterocycles. The summed E-state index contributed by atoms with van der Waals surface area (Å²) in [5.41, 5.74) is 3.59. The molecule has 1 aromatic heterocycles. The van der Waals surface area contributed by atoms with Crippen LogP contribution in [0.25, 0.3) is 0 Å². The van der Waals surface area contributed by atoms with Gasteiger partial charge in [0.25, 0.3) is 5.91 Å². The zero-order valence-corrected chi connectivity index (χ0v) is 15.8. The van der Waals surface area contributed by atoms with Crippen molar-refractivity contribution in [3.8, 4) is 5.75 Å². The van der Waals surface area contributed by atoms with Gasteiger partial charge < -0.3 is 15.4 Å². The number of carbonyl (C=O) groups is 1. The second-order valence-electron chi connectivity index (χ2n) is 6.63. The third kappa shape index (κ3) is 5.84. The smallest absolute Gasteiger partial charge is 0.274 e. The van der Waals surface area contributed by atoms with Crippen molar-refractivity contribution in [3.05, 3.63) is 59.9 Å². The predicted octanol–water partition coefficient (Wildman–Crippen LogP) is 5.04. The maximum absolute atomic E-state index is 12.3. The molecule has 5 nitrogen and oxygen atoms in total. The second kappa shape index (κ2) is 9.76. The number of benzene rings is 1. The summed E-state index contributed by atoms with van der Waals surface area (Å²) in [6, 6.07) is 10.9. The fraction of sp³-hybridized carbons (Fsp3) is 0.364. The van der Waals surface area contributed by atoms with Crippen LogP contribution >= 0.6 is 0 Å². The molecule has 1 amide bonds. The first-order valence-corrected chi connectivity index (χ1v) is 9.66. The summed E-state index contributed by atoms with van der Waals surface area (Å²) in [6.45, 7) is 3.45. The first kappa shape index (κ1) is 19.0. The topological polar surface area (TPSA) is 63.2 Å². The van der Waals surface area contributed by atoms with Crippen LogP contribution < -0.4 is 15.4 Å². The number of anilines is 2. The number of hydrogen-bond donors (Lipinski definition) is 2. The summed E-state index contributed by atoms with van der Waals surface area (Å²) in [5.74, 6) is 0.561. The number of hydrogen-bond acceptors (Lipinski definition) is 4. The summed E-state index contributed by atoms with van der Waals surface area (Å²) < 4.78 is 5.40. The van der Waals surface area contributed by atoms with Gasteiger partial charge in [0.2, 0.25) is 0 Å². The van der Waals surface area contributed by atoms with Crippen LogP contribution in [0.4, 0.5) is 11.4 Å². The molecule has 0 saturated carbocycles. The monoisotopic (exact) mass is 365 g/mol. The summed E-state index contributed by atoms with van der Waals surface area (Å²) in [6.07, 6.45) is 10.2. The van der Waals surface area contributed by atoms with Crippen LogP contribution in [0.1, 0.15) is 49.5 Å². The lowest BCUT2D eigenvalue weighted by molar-refractivity contribution is 0.102. The van der Waals surface area contributed by atoms with Crippen molar-refractivity contribution in [1.82, 2.24) is 4.98 Å². The van der Waals surface area contributed by atoms with Gasteiger partial charge in [0, 0.05) is 12.2 Å². The van der Waals surface area contributed by atoms with E-state index in [9.17, 15) is 4.79 Å². The van der Waals surface area contributed by atoms with Crippen molar-refractivity contribution in [2.75, 3.05) is 23.8 Å². The Labute approximate surface area is 160 Å². The lowest BCUT2D eigenvalue weighted by Crippen LogP contribution is -2.14. The molecule has 1 aliphatic rings. The fourth-order valence-electron chi connectivity index (χ4n) is 3.13. The first-order chi connectivity index (χ1) is 13.2. The van der Waals surface area contributed by atoms with Gasteiger partial charge in [0.15, 0.2) is 0 Å². The number of carbonyl (C=O) groups excluding carboxylic acids is 1. The van der Waals surface area contributed by atoms with Gasteiger partial charge in [-0.15, -0.1) is 0 Å². The van der Waals surface area contributed by atoms with E-state index in [1.54, 1.807) is 17.8 Å². The second-order valence-corrected chi connectivity index (χ2v) is 6.63. The number of ether oxygens (including phenoxy) is 1. The van der Waals surface area contributed by atoms with E-state index in [4.69, 9.17) is 4.74 Å². The minimum absolute atomic E-state index is 0.224. The zero-order chi connectivity index (χ0) is 18.9. The molecular weight excluding hydrogens is 338 g/mol. The van der Waals surface area contributed by atoms with Crippen molar-refractivity contribution in [2.24, 2.45) is 0 Å². The highest BCUT2D eigenvalue weighted by Gasteiger charge is 2.08. The fourth-order valence-corrected chi connectivity index (χ4v) is 3.13. The zero-order valence-electron chi connectivity index (χ0n) is 15.8. The number of allylic oxidation sites excluding steroid dienone is 1. The Balaban J connectivity index is 1.48. The van der Waals surface area contributed by atoms with Crippen LogP contribution in [0.2, 0.25) is 0 Å². The highest BCUT2D eigenvalue weighted by atomic mass is 16.5. The maximum Gasteiger partial charge on any atom is 0.274 e. The van der Waals surface area contributed by atoms with E-state index in [-0.39, 0.29) is 5.91 Å². The number of amides is 1. The van der Waals surface area contributed by atoms with Gasteiger partial charge in [0.05, 0.1) is 18.5 Å². The Morgan fingerprint density at radius 3 is 2.59 bits per heavy atom. The molecule has 0 radical (unpaired) electrons. The number of nitrogens with zero attached hydrogens (tertiary/aromatic N) is 1. The minimum Gasteiger partial charge on any atom is -0.494 e. The third-order valence-corrected chi connectivity index (χ3v) is 4.58. The molecule has 1 heterocycles. The Bertz CT molecular complexity index is 767. The standard InChI is InChI=1S/C22H27N3O2/c1-2-27-20-11-8-18(9-12-20)25-22(26)21-13-10-19(16-24-21)23-15-14-17-6-4-3-5-7-17/h6,8-13,16,23H,2-5,7,14-15H2,1H3,(H,25,26). The van der Waals surface area contributed by atoms with E-state index < -0.39 is 0 Å². The molecule has 2 N–H and O–H groups in total. The van der Waals surface area contributed by atoms with Crippen molar-refractivity contribution in [3.63, 3.8) is 0 Å². The number of rotatable bonds is 8. The summed E-state index contributed by atoms with van der Waals surface area (Å²) in [5, 5.41) is 6.23. The molecule has 1 aromatic carbocycles. The SMILES string of the molecule is CCOc1ccc(NC(=O)c2ccc(NCCC3=CCCCC3)cn2)cc1. The molecule has 0 atom stereocenters. The van der Waals surface area contributed by atoms with E-state index in [1.807, 2.05) is 37.3 Å². The van der Waals surface area contributed by atoms with E-state index in [0.29, 0.717) is 18.0 Å². The highest BCUT2D eigenvalue weighted by molar-refractivity contribution is 6.02. The van der Waals surface area contributed by atoms with Crippen molar-refractivity contribution >= 4 is 17.3 Å². The Morgan fingerprint density at radius 1 is 1.11 bits per heavy atom. The van der Waals surface area contributed by atoms with E-state index >= 15 is 0 Å². The number of nitrogens with one attached hydrogen (secondary N) is 2. The van der Waals surface area contributed by atoms with Crippen LogP contribution in [0, 0.1) is 0 Å². The summed E-state index contributed by atoms with van der Waals surface area (Å²) in [4.78, 5) is 16.6. The van der Waals surface area contributed by atoms with Crippen LogP contribution in [-0.2, 0) is 0 Å². The lowest BCUT2D eigenvalue weighted by Gasteiger charge is -2.13. The van der Waals surface area contributed by atoms with Crippen LogP contribution in [-0.4, -0.2) is 24.0 Å². The van der Waals surface area contributed by atoms with Crippen molar-refractivity contribution in [1.29, 1.82) is 0 Å². The molecule has 0 bridgehead atoms. The average Bonchev–Trinajstić information content (AvgIpc) is 2.71. The summed E-state index contributed by atoms with van der Waals surface area (Å²) >= 11 is 0. The average molecular weight is 365 g/mol. The van der Waals surface area contributed by atoms with E-state index in [2.05, 4.69) is 21.7 Å². The lowest BCUT2D eigenvalue weighted by atomic mass is 9.97. The molecule has 3 rings (SSSR count).